The van der Waals surface area contributed by atoms with Gasteiger partial charge in [0.15, 0.2) is 0 Å². The van der Waals surface area contributed by atoms with Crippen LogP contribution in [-0.4, -0.2) is 9.13 Å². The van der Waals surface area contributed by atoms with Crippen molar-refractivity contribution in [2.75, 3.05) is 4.90 Å². The Morgan fingerprint density at radius 3 is 1.06 bits per heavy atom. The summed E-state index contributed by atoms with van der Waals surface area (Å²) >= 11 is 0. The van der Waals surface area contributed by atoms with E-state index in [1.54, 1.807) is 0 Å². The molecule has 0 aliphatic carbocycles. The Bertz CT molecular complexity index is 5100. The van der Waals surface area contributed by atoms with Crippen molar-refractivity contribution in [1.29, 1.82) is 0 Å². The average molecular weight is 1080 g/mol. The summed E-state index contributed by atoms with van der Waals surface area (Å²) in [4.78, 5) is 2.37. The summed E-state index contributed by atoms with van der Waals surface area (Å²) in [6.45, 7) is 0. The van der Waals surface area contributed by atoms with Gasteiger partial charge in [0.2, 0.25) is 0 Å². The van der Waals surface area contributed by atoms with Crippen molar-refractivity contribution in [2.45, 2.75) is 0 Å². The minimum absolute atomic E-state index is 1.07. The van der Waals surface area contributed by atoms with Crippen LogP contribution in [0.15, 0.2) is 334 Å². The molecular weight excluding hydrogens is 1030 g/mol. The fraction of sp³-hybridized carbons (Fsp3) is 0. The molecule has 3 heteroatoms. The summed E-state index contributed by atoms with van der Waals surface area (Å²) in [5.41, 5.74) is 24.5. The highest BCUT2D eigenvalue weighted by Gasteiger charge is 2.18. The number of anilines is 3. The number of para-hydroxylation sites is 4. The SMILES string of the molecule is c1ccc(-n2c3ccccc3c3ccc(-c4cccc(-c5ccc(N(c6ccc(-c7cccc(-c8cccc(-n9c%10ccccc%10c%10ccccc%109)c8)c7)cc6)c6ccc(-c7cccc(-c8cccc9ccccc89)c7)cc6)cc5)c4)cc32)cc1. The minimum Gasteiger partial charge on any atom is -0.311 e. The molecule has 0 fully saturated rings. The zero-order valence-electron chi connectivity index (χ0n) is 46.6. The molecule has 0 amide bonds. The number of hydrogen-bond donors (Lipinski definition) is 0. The summed E-state index contributed by atoms with van der Waals surface area (Å²) in [6, 6.07) is 122. The molecule has 14 aromatic carbocycles. The van der Waals surface area contributed by atoms with Gasteiger partial charge in [-0.2, -0.15) is 0 Å². The van der Waals surface area contributed by atoms with E-state index in [9.17, 15) is 0 Å². The molecule has 2 aromatic heterocycles. The molecule has 398 valence electrons. The predicted octanol–water partition coefficient (Wildman–Crippen LogP) is 22.5. The third-order valence-corrected chi connectivity index (χ3v) is 17.1. The fourth-order valence-corrected chi connectivity index (χ4v) is 13.0. The van der Waals surface area contributed by atoms with E-state index in [0.29, 0.717) is 0 Å². The van der Waals surface area contributed by atoms with Crippen LogP contribution in [0.3, 0.4) is 0 Å². The van der Waals surface area contributed by atoms with Gasteiger partial charge >= 0.3 is 0 Å². The van der Waals surface area contributed by atoms with Gasteiger partial charge in [0, 0.05) is 50.0 Å². The standard InChI is InChI=1S/C82H55N3/c1-2-26-68(27-3-1)84-79-34-9-8-32-77(79)78-50-43-66(55-82(78)84)64-23-13-20-61(52-64)57-39-46-70(47-40-57)83(71-48-41-58(42-49-71)62-21-14-25-67(53-62)74-33-16-18-59-17-4-5-29-73(59)74)69-44-37-56(38-45-69)60-19-12-22-63(51-60)65-24-15-28-72(54-65)85-80-35-10-6-30-75(80)76-31-7-11-36-81(76)85/h1-55H. The minimum atomic E-state index is 1.07. The van der Waals surface area contributed by atoms with Gasteiger partial charge in [-0.15, -0.1) is 0 Å². The Morgan fingerprint density at radius 1 is 0.188 bits per heavy atom. The van der Waals surface area contributed by atoms with E-state index in [-0.39, 0.29) is 0 Å². The molecule has 0 atom stereocenters. The highest BCUT2D eigenvalue weighted by Crippen LogP contribution is 2.42. The maximum absolute atomic E-state index is 2.39. The quantitative estimate of drug-likeness (QED) is 0.126. The third-order valence-electron chi connectivity index (χ3n) is 17.1. The maximum Gasteiger partial charge on any atom is 0.0547 e. The molecular formula is C82H55N3. The first-order chi connectivity index (χ1) is 42.1. The van der Waals surface area contributed by atoms with E-state index in [1.807, 2.05) is 0 Å². The molecule has 0 bridgehead atoms. The van der Waals surface area contributed by atoms with E-state index < -0.39 is 0 Å². The lowest BCUT2D eigenvalue weighted by molar-refractivity contribution is 1.18. The van der Waals surface area contributed by atoms with Gasteiger partial charge < -0.3 is 14.0 Å². The Morgan fingerprint density at radius 2 is 0.529 bits per heavy atom. The van der Waals surface area contributed by atoms with Crippen molar-refractivity contribution in [3.8, 4) is 78.1 Å². The molecule has 3 nitrogen and oxygen atoms in total. The zero-order valence-corrected chi connectivity index (χ0v) is 46.6. The van der Waals surface area contributed by atoms with Crippen molar-refractivity contribution in [3.05, 3.63) is 334 Å². The van der Waals surface area contributed by atoms with Crippen LogP contribution in [0.4, 0.5) is 17.1 Å². The number of aromatic nitrogens is 2. The molecule has 0 N–H and O–H groups in total. The number of fused-ring (bicyclic) bond motifs is 7. The first-order valence-corrected chi connectivity index (χ1v) is 29.2. The monoisotopic (exact) mass is 1080 g/mol. The van der Waals surface area contributed by atoms with Crippen molar-refractivity contribution >= 4 is 71.4 Å². The van der Waals surface area contributed by atoms with Crippen molar-refractivity contribution in [2.24, 2.45) is 0 Å². The molecule has 0 aliphatic heterocycles. The summed E-state index contributed by atoms with van der Waals surface area (Å²) in [6.07, 6.45) is 0. The Balaban J connectivity index is 0.736. The van der Waals surface area contributed by atoms with Gasteiger partial charge in [-0.05, 0) is 181 Å². The van der Waals surface area contributed by atoms with Crippen molar-refractivity contribution in [3.63, 3.8) is 0 Å². The fourth-order valence-electron chi connectivity index (χ4n) is 13.0. The summed E-state index contributed by atoms with van der Waals surface area (Å²) in [5.74, 6) is 0. The van der Waals surface area contributed by atoms with Gasteiger partial charge in [-0.25, -0.2) is 0 Å². The lowest BCUT2D eigenvalue weighted by Crippen LogP contribution is -2.09. The predicted molar refractivity (Wildman–Crippen MR) is 360 cm³/mol. The molecule has 0 unspecified atom stereocenters. The Kier molecular flexibility index (Phi) is 12.2. The van der Waals surface area contributed by atoms with Gasteiger partial charge in [0.05, 0.1) is 22.1 Å². The Hall–Kier alpha value is -11.3. The van der Waals surface area contributed by atoms with E-state index in [2.05, 4.69) is 348 Å². The van der Waals surface area contributed by atoms with Crippen LogP contribution >= 0.6 is 0 Å². The lowest BCUT2D eigenvalue weighted by Gasteiger charge is -2.26. The van der Waals surface area contributed by atoms with E-state index in [4.69, 9.17) is 0 Å². The van der Waals surface area contributed by atoms with E-state index >= 15 is 0 Å². The van der Waals surface area contributed by atoms with Crippen LogP contribution in [0, 0.1) is 0 Å². The third kappa shape index (κ3) is 8.94. The number of rotatable bonds is 11. The molecule has 16 aromatic rings. The van der Waals surface area contributed by atoms with Crippen LogP contribution in [0.1, 0.15) is 0 Å². The van der Waals surface area contributed by atoms with Crippen LogP contribution in [0.25, 0.3) is 133 Å². The highest BCUT2D eigenvalue weighted by atomic mass is 15.1. The normalized spacial score (nSPS) is 11.5. The average Bonchev–Trinajstić information content (AvgIpc) is 2.81. The summed E-state index contributed by atoms with van der Waals surface area (Å²) in [7, 11) is 0. The largest absolute Gasteiger partial charge is 0.311 e. The highest BCUT2D eigenvalue weighted by molar-refractivity contribution is 6.11. The lowest BCUT2D eigenvalue weighted by atomic mass is 9.95. The van der Waals surface area contributed by atoms with Crippen LogP contribution in [-0.2, 0) is 0 Å². The van der Waals surface area contributed by atoms with Crippen molar-refractivity contribution in [1.82, 2.24) is 9.13 Å². The number of benzene rings is 14. The van der Waals surface area contributed by atoms with Gasteiger partial charge in [-0.1, -0.05) is 231 Å². The number of hydrogen-bond acceptors (Lipinski definition) is 1. The van der Waals surface area contributed by atoms with Crippen LogP contribution in [0.2, 0.25) is 0 Å². The molecule has 2 heterocycles. The molecule has 85 heavy (non-hydrogen) atoms. The second kappa shape index (κ2) is 20.9. The maximum atomic E-state index is 2.39. The van der Waals surface area contributed by atoms with E-state index in [1.165, 1.54) is 98.9 Å². The molecule has 0 saturated heterocycles. The zero-order chi connectivity index (χ0) is 56.2. The smallest absolute Gasteiger partial charge is 0.0547 e. The summed E-state index contributed by atoms with van der Waals surface area (Å²) in [5, 5.41) is 7.53. The second-order valence-corrected chi connectivity index (χ2v) is 22.1. The van der Waals surface area contributed by atoms with Crippen molar-refractivity contribution < 1.29 is 0 Å². The van der Waals surface area contributed by atoms with Gasteiger partial charge in [-0.3, -0.25) is 0 Å². The van der Waals surface area contributed by atoms with E-state index in [0.717, 1.165) is 50.7 Å². The second-order valence-electron chi connectivity index (χ2n) is 22.1. The molecule has 0 spiro atoms. The first kappa shape index (κ1) is 49.5. The molecule has 0 aliphatic rings. The summed E-state index contributed by atoms with van der Waals surface area (Å²) < 4.78 is 4.78. The van der Waals surface area contributed by atoms with Gasteiger partial charge in [0.25, 0.3) is 0 Å². The van der Waals surface area contributed by atoms with Crippen LogP contribution in [0.5, 0.6) is 0 Å². The molecule has 0 saturated carbocycles. The molecule has 16 rings (SSSR count). The van der Waals surface area contributed by atoms with Gasteiger partial charge in [0.1, 0.15) is 0 Å². The molecule has 0 radical (unpaired) electrons. The Labute approximate surface area is 494 Å². The topological polar surface area (TPSA) is 13.1 Å². The number of nitrogens with zero attached hydrogens (tertiary/aromatic N) is 3. The van der Waals surface area contributed by atoms with Crippen LogP contribution < -0.4 is 4.90 Å². The first-order valence-electron chi connectivity index (χ1n) is 29.2.